The summed E-state index contributed by atoms with van der Waals surface area (Å²) in [5.74, 6) is 0.686. The Hall–Kier alpha value is -2.85. The van der Waals surface area contributed by atoms with Crippen LogP contribution in [0.4, 0.5) is 4.39 Å². The first-order valence-corrected chi connectivity index (χ1v) is 9.03. The lowest BCUT2D eigenvalue weighted by Crippen LogP contribution is -2.24. The van der Waals surface area contributed by atoms with E-state index in [0.29, 0.717) is 12.1 Å². The van der Waals surface area contributed by atoms with Crippen LogP contribution in [0.25, 0.3) is 0 Å². The molecule has 140 valence electrons. The fourth-order valence-corrected chi connectivity index (χ4v) is 3.18. The number of aromatic nitrogens is 1. The Morgan fingerprint density at radius 2 is 1.93 bits per heavy atom. The highest BCUT2D eigenvalue weighted by Gasteiger charge is 2.11. The van der Waals surface area contributed by atoms with Crippen molar-refractivity contribution >= 4 is 0 Å². The van der Waals surface area contributed by atoms with Crippen molar-refractivity contribution in [1.82, 2.24) is 9.47 Å². The van der Waals surface area contributed by atoms with E-state index >= 15 is 0 Å². The van der Waals surface area contributed by atoms with Crippen LogP contribution in [0.1, 0.15) is 16.8 Å². The Morgan fingerprint density at radius 3 is 2.70 bits per heavy atom. The molecule has 0 aliphatic heterocycles. The first-order valence-electron chi connectivity index (χ1n) is 9.03. The van der Waals surface area contributed by atoms with Crippen molar-refractivity contribution in [1.29, 1.82) is 0 Å². The van der Waals surface area contributed by atoms with E-state index in [-0.39, 0.29) is 5.82 Å². The van der Waals surface area contributed by atoms with Gasteiger partial charge in [0.1, 0.15) is 11.6 Å². The van der Waals surface area contributed by atoms with Crippen molar-refractivity contribution in [3.63, 3.8) is 0 Å². The summed E-state index contributed by atoms with van der Waals surface area (Å²) in [4.78, 5) is 2.30. The zero-order chi connectivity index (χ0) is 19.1. The van der Waals surface area contributed by atoms with E-state index in [9.17, 15) is 4.39 Å². The number of benzene rings is 2. The Labute approximate surface area is 160 Å². The molecule has 0 N–H and O–H groups in total. The molecular weight excluding hydrogens is 339 g/mol. The minimum Gasteiger partial charge on any atom is -0.497 e. The van der Waals surface area contributed by atoms with Crippen molar-refractivity contribution in [3.8, 4) is 5.75 Å². The van der Waals surface area contributed by atoms with Gasteiger partial charge in [0.05, 0.1) is 13.7 Å². The van der Waals surface area contributed by atoms with E-state index in [1.54, 1.807) is 13.2 Å². The number of nitrogens with zero attached hydrogens (tertiary/aromatic N) is 2. The van der Waals surface area contributed by atoms with Gasteiger partial charge in [-0.05, 0) is 35.9 Å². The standard InChI is InChI=1S/C23H25FN2O/c1-3-13-25(16-19-8-6-11-22(15-19)27-2)18-21-10-7-14-26(21)17-20-9-4-5-12-23(20)24/h3-12,14-15H,1,13,16-18H2,2H3. The summed E-state index contributed by atoms with van der Waals surface area (Å²) in [5, 5.41) is 0. The second-order valence-corrected chi connectivity index (χ2v) is 6.53. The molecule has 3 aromatic rings. The third kappa shape index (κ3) is 5.08. The van der Waals surface area contributed by atoms with E-state index < -0.39 is 0 Å². The van der Waals surface area contributed by atoms with E-state index in [0.717, 1.165) is 31.1 Å². The lowest BCUT2D eigenvalue weighted by molar-refractivity contribution is 0.278. The van der Waals surface area contributed by atoms with Crippen molar-refractivity contribution in [2.45, 2.75) is 19.6 Å². The van der Waals surface area contributed by atoms with Gasteiger partial charge >= 0.3 is 0 Å². The molecule has 0 saturated heterocycles. The molecule has 0 fully saturated rings. The average molecular weight is 364 g/mol. The zero-order valence-electron chi connectivity index (χ0n) is 15.6. The molecule has 1 aromatic heterocycles. The van der Waals surface area contributed by atoms with Crippen LogP contribution in [-0.4, -0.2) is 23.1 Å². The van der Waals surface area contributed by atoms with Gasteiger partial charge in [-0.2, -0.15) is 0 Å². The number of halogens is 1. The summed E-state index contributed by atoms with van der Waals surface area (Å²) in [7, 11) is 1.68. The average Bonchev–Trinajstić information content (AvgIpc) is 3.10. The van der Waals surface area contributed by atoms with Gasteiger partial charge in [0.15, 0.2) is 0 Å². The quantitative estimate of drug-likeness (QED) is 0.504. The normalized spacial score (nSPS) is 10.9. The summed E-state index contributed by atoms with van der Waals surface area (Å²) < 4.78 is 21.4. The molecule has 27 heavy (non-hydrogen) atoms. The van der Waals surface area contributed by atoms with E-state index in [4.69, 9.17) is 4.74 Å². The van der Waals surface area contributed by atoms with E-state index in [2.05, 4.69) is 34.2 Å². The van der Waals surface area contributed by atoms with Gasteiger partial charge in [0, 0.05) is 37.1 Å². The molecule has 2 aromatic carbocycles. The molecule has 0 aliphatic carbocycles. The number of rotatable bonds is 9. The largest absolute Gasteiger partial charge is 0.497 e. The summed E-state index contributed by atoms with van der Waals surface area (Å²) in [6, 6.07) is 19.1. The highest BCUT2D eigenvalue weighted by Crippen LogP contribution is 2.17. The predicted octanol–water partition coefficient (Wildman–Crippen LogP) is 4.87. The number of hydrogen-bond acceptors (Lipinski definition) is 2. The topological polar surface area (TPSA) is 17.4 Å². The molecule has 0 aliphatic rings. The first-order chi connectivity index (χ1) is 13.2. The van der Waals surface area contributed by atoms with Crippen LogP contribution in [0.5, 0.6) is 5.75 Å². The highest BCUT2D eigenvalue weighted by molar-refractivity contribution is 5.28. The molecule has 0 spiro atoms. The van der Waals surface area contributed by atoms with Gasteiger partial charge in [0.2, 0.25) is 0 Å². The maximum absolute atomic E-state index is 14.0. The van der Waals surface area contributed by atoms with Gasteiger partial charge in [-0.3, -0.25) is 4.90 Å². The third-order valence-electron chi connectivity index (χ3n) is 4.54. The lowest BCUT2D eigenvalue weighted by atomic mass is 10.2. The van der Waals surface area contributed by atoms with E-state index in [1.807, 2.05) is 42.6 Å². The molecule has 0 radical (unpaired) electrons. The number of hydrogen-bond donors (Lipinski definition) is 0. The van der Waals surface area contributed by atoms with Crippen molar-refractivity contribution in [2.75, 3.05) is 13.7 Å². The van der Waals surface area contributed by atoms with Crippen molar-refractivity contribution in [2.24, 2.45) is 0 Å². The maximum atomic E-state index is 14.0. The molecule has 3 nitrogen and oxygen atoms in total. The van der Waals surface area contributed by atoms with Gasteiger partial charge in [-0.15, -0.1) is 6.58 Å². The summed E-state index contributed by atoms with van der Waals surface area (Å²) in [6.45, 7) is 6.71. The lowest BCUT2D eigenvalue weighted by Gasteiger charge is -2.22. The van der Waals surface area contributed by atoms with Crippen LogP contribution in [0, 0.1) is 5.82 Å². The fraction of sp³-hybridized carbons (Fsp3) is 0.217. The Bertz CT molecular complexity index is 887. The molecule has 3 rings (SSSR count). The second kappa shape index (κ2) is 9.19. The third-order valence-corrected chi connectivity index (χ3v) is 4.54. The van der Waals surface area contributed by atoms with Crippen LogP contribution in [0.3, 0.4) is 0 Å². The zero-order valence-corrected chi connectivity index (χ0v) is 15.6. The van der Waals surface area contributed by atoms with Crippen LogP contribution in [0.15, 0.2) is 79.5 Å². The van der Waals surface area contributed by atoms with Crippen molar-refractivity contribution in [3.05, 3.63) is 102 Å². The minimum atomic E-state index is -0.170. The van der Waals surface area contributed by atoms with Crippen molar-refractivity contribution < 1.29 is 9.13 Å². The smallest absolute Gasteiger partial charge is 0.128 e. The molecule has 4 heteroatoms. The van der Waals surface area contributed by atoms with Crippen LogP contribution in [0.2, 0.25) is 0 Å². The first kappa shape index (κ1) is 18.9. The Kier molecular flexibility index (Phi) is 6.44. The number of ether oxygens (including phenoxy) is 1. The number of methoxy groups -OCH3 is 1. The maximum Gasteiger partial charge on any atom is 0.128 e. The molecule has 0 saturated carbocycles. The molecule has 0 atom stereocenters. The SMILES string of the molecule is C=CCN(Cc1cccc(OC)c1)Cc1cccn1Cc1ccccc1F. The Morgan fingerprint density at radius 1 is 1.07 bits per heavy atom. The van der Waals surface area contributed by atoms with Gasteiger partial charge < -0.3 is 9.30 Å². The van der Waals surface area contributed by atoms with Crippen LogP contribution in [-0.2, 0) is 19.6 Å². The van der Waals surface area contributed by atoms with Crippen LogP contribution >= 0.6 is 0 Å². The minimum absolute atomic E-state index is 0.170. The molecule has 0 unspecified atom stereocenters. The summed E-state index contributed by atoms with van der Waals surface area (Å²) >= 11 is 0. The van der Waals surface area contributed by atoms with Gasteiger partial charge in [-0.25, -0.2) is 4.39 Å². The summed E-state index contributed by atoms with van der Waals surface area (Å²) in [6.07, 6.45) is 3.91. The highest BCUT2D eigenvalue weighted by atomic mass is 19.1. The van der Waals surface area contributed by atoms with E-state index in [1.165, 1.54) is 11.6 Å². The Balaban J connectivity index is 1.74. The van der Waals surface area contributed by atoms with Gasteiger partial charge in [-0.1, -0.05) is 36.4 Å². The predicted molar refractivity (Wildman–Crippen MR) is 107 cm³/mol. The fourth-order valence-electron chi connectivity index (χ4n) is 3.18. The summed E-state index contributed by atoms with van der Waals surface area (Å²) in [5.41, 5.74) is 3.02. The van der Waals surface area contributed by atoms with Crippen LogP contribution < -0.4 is 4.74 Å². The molecule has 1 heterocycles. The molecule has 0 amide bonds. The van der Waals surface area contributed by atoms with Gasteiger partial charge in [0.25, 0.3) is 0 Å². The monoisotopic (exact) mass is 364 g/mol. The molecule has 0 bridgehead atoms. The molecular formula is C23H25FN2O. The second-order valence-electron chi connectivity index (χ2n) is 6.53.